The van der Waals surface area contributed by atoms with Gasteiger partial charge >= 0.3 is 12.4 Å². The minimum atomic E-state index is -5.03. The molecule has 5 nitrogen and oxygen atoms in total. The Kier molecular flexibility index (Phi) is 13.2. The number of alkyl halides is 6. The molecule has 0 aliphatic carbocycles. The molecule has 238 valence electrons. The van der Waals surface area contributed by atoms with Crippen LogP contribution < -0.4 is 0 Å². The molecule has 4 rings (SSSR count). The van der Waals surface area contributed by atoms with Gasteiger partial charge in [-0.15, -0.1) is 24.8 Å². The molecule has 0 spiro atoms. The zero-order valence-corrected chi connectivity index (χ0v) is 25.5. The summed E-state index contributed by atoms with van der Waals surface area (Å²) >= 11 is 0. The van der Waals surface area contributed by atoms with E-state index in [1.807, 2.05) is 32.0 Å². The quantitative estimate of drug-likeness (QED) is 0.298. The molecule has 43 heavy (non-hydrogen) atoms. The van der Waals surface area contributed by atoms with Gasteiger partial charge in [-0.25, -0.2) is 0 Å². The number of carbonyl (C=O) groups is 1. The number of ether oxygens (including phenoxy) is 1. The van der Waals surface area contributed by atoms with Crippen molar-refractivity contribution in [2.24, 2.45) is 0 Å². The van der Waals surface area contributed by atoms with Crippen molar-refractivity contribution < 1.29 is 35.9 Å². The second-order valence-electron chi connectivity index (χ2n) is 10.5. The lowest BCUT2D eigenvalue weighted by Gasteiger charge is -2.41. The first kappa shape index (κ1) is 36.7. The molecule has 1 amide bonds. The van der Waals surface area contributed by atoms with Crippen LogP contribution in [0.1, 0.15) is 38.2 Å². The summed E-state index contributed by atoms with van der Waals surface area (Å²) in [5.41, 5.74) is -0.570. The highest BCUT2D eigenvalue weighted by Crippen LogP contribution is 2.37. The van der Waals surface area contributed by atoms with Crippen molar-refractivity contribution >= 4 is 30.7 Å². The third-order valence-corrected chi connectivity index (χ3v) is 7.54. The molecule has 0 saturated carbocycles. The normalized spacial score (nSPS) is 18.2. The third-order valence-electron chi connectivity index (χ3n) is 7.54. The van der Waals surface area contributed by atoms with E-state index < -0.39 is 41.0 Å². The van der Waals surface area contributed by atoms with Crippen LogP contribution in [0.25, 0.3) is 0 Å². The first-order chi connectivity index (χ1) is 19.3. The predicted octanol–water partition coefficient (Wildman–Crippen LogP) is 5.89. The summed E-state index contributed by atoms with van der Waals surface area (Å²) in [7, 11) is 0. The fourth-order valence-electron chi connectivity index (χ4n) is 5.05. The van der Waals surface area contributed by atoms with E-state index in [9.17, 15) is 31.1 Å². The summed E-state index contributed by atoms with van der Waals surface area (Å²) in [6.07, 6.45) is -9.67. The molecular formula is C30H35Cl2F6N3O2. The Labute approximate surface area is 260 Å². The van der Waals surface area contributed by atoms with E-state index in [1.54, 1.807) is 0 Å². The summed E-state index contributed by atoms with van der Waals surface area (Å²) in [5.74, 6) is 5.48. The van der Waals surface area contributed by atoms with E-state index in [0.29, 0.717) is 57.9 Å². The number of benzene rings is 2. The van der Waals surface area contributed by atoms with Gasteiger partial charge in [0.15, 0.2) is 0 Å². The van der Waals surface area contributed by atoms with Crippen LogP contribution in [-0.2, 0) is 23.5 Å². The number of piperazine rings is 1. The molecule has 2 heterocycles. The average molecular weight is 655 g/mol. The van der Waals surface area contributed by atoms with Crippen LogP contribution in [0.15, 0.2) is 36.4 Å². The third kappa shape index (κ3) is 10.0. The zero-order chi connectivity index (χ0) is 29.8. The van der Waals surface area contributed by atoms with E-state index in [2.05, 4.69) is 21.6 Å². The number of carbonyl (C=O) groups excluding carboxylic acids is 1. The Morgan fingerprint density at radius 3 is 1.95 bits per heavy atom. The first-order valence-corrected chi connectivity index (χ1v) is 13.5. The lowest BCUT2D eigenvalue weighted by molar-refractivity contribution is -0.143. The van der Waals surface area contributed by atoms with Gasteiger partial charge in [0, 0.05) is 44.3 Å². The molecule has 1 atom stereocenters. The molecule has 13 heteroatoms. The monoisotopic (exact) mass is 653 g/mol. The van der Waals surface area contributed by atoms with Gasteiger partial charge in [-0.2, -0.15) is 26.3 Å². The van der Waals surface area contributed by atoms with Crippen molar-refractivity contribution in [1.82, 2.24) is 14.7 Å². The molecule has 0 radical (unpaired) electrons. The molecule has 2 fully saturated rings. The maximum Gasteiger partial charge on any atom is 0.416 e. The predicted molar refractivity (Wildman–Crippen MR) is 157 cm³/mol. The molecule has 2 aliphatic rings. The Morgan fingerprint density at radius 2 is 1.40 bits per heavy atom. The van der Waals surface area contributed by atoms with Crippen LogP contribution in [0.3, 0.4) is 0 Å². The van der Waals surface area contributed by atoms with Crippen molar-refractivity contribution in [3.05, 3.63) is 69.8 Å². The van der Waals surface area contributed by atoms with Gasteiger partial charge in [-0.3, -0.25) is 14.6 Å². The second kappa shape index (κ2) is 15.5. The number of hydrogen-bond acceptors (Lipinski definition) is 4. The summed E-state index contributed by atoms with van der Waals surface area (Å²) in [6, 6.07) is 6.46. The number of aryl methyl sites for hydroxylation is 2. The summed E-state index contributed by atoms with van der Waals surface area (Å²) in [4.78, 5) is 19.2. The molecule has 2 aliphatic heterocycles. The summed E-state index contributed by atoms with van der Waals surface area (Å²) in [5, 5.41) is 0. The van der Waals surface area contributed by atoms with E-state index in [0.717, 1.165) is 29.8 Å². The van der Waals surface area contributed by atoms with Crippen molar-refractivity contribution in [3.63, 3.8) is 0 Å². The smallest absolute Gasteiger partial charge is 0.379 e. The van der Waals surface area contributed by atoms with Gasteiger partial charge in [0.25, 0.3) is 5.91 Å². The Hall–Kier alpha value is -2.49. The topological polar surface area (TPSA) is 36.0 Å². The number of morpholine rings is 1. The van der Waals surface area contributed by atoms with Crippen molar-refractivity contribution in [2.75, 3.05) is 59.0 Å². The van der Waals surface area contributed by atoms with E-state index >= 15 is 0 Å². The minimum Gasteiger partial charge on any atom is -0.379 e. The lowest BCUT2D eigenvalue weighted by atomic mass is 9.97. The lowest BCUT2D eigenvalue weighted by Crippen LogP contribution is -2.56. The molecule has 0 unspecified atom stereocenters. The molecule has 2 saturated heterocycles. The van der Waals surface area contributed by atoms with Gasteiger partial charge in [-0.1, -0.05) is 30.0 Å². The molecule has 0 aromatic heterocycles. The second-order valence-corrected chi connectivity index (χ2v) is 10.5. The number of rotatable bonds is 5. The average Bonchev–Trinajstić information content (AvgIpc) is 2.92. The van der Waals surface area contributed by atoms with Crippen LogP contribution in [-0.4, -0.2) is 85.7 Å². The Bertz CT molecular complexity index is 1270. The largest absolute Gasteiger partial charge is 0.416 e. The van der Waals surface area contributed by atoms with Crippen molar-refractivity contribution in [2.45, 2.75) is 38.7 Å². The van der Waals surface area contributed by atoms with Gasteiger partial charge in [0.1, 0.15) is 0 Å². The van der Waals surface area contributed by atoms with Crippen LogP contribution in [0.4, 0.5) is 26.3 Å². The summed E-state index contributed by atoms with van der Waals surface area (Å²) < 4.78 is 86.2. The highest BCUT2D eigenvalue weighted by molar-refractivity contribution is 5.95. The minimum absolute atomic E-state index is 0. The standard InChI is InChI=1S/C30H33F6N3O2.2ClH/c1-21-5-6-23(15-22(21)2)16-27-20-38(8-4-3-7-37-11-13-41-14-12-37)9-10-39(27)28(40)24-17-25(29(31,32)33)19-26(18-24)30(34,35)36;;/h5-6,15,17-19,27H,7-14,16,20H2,1-2H3;2*1H/t27-;;/m1../s1. The highest BCUT2D eigenvalue weighted by Gasteiger charge is 2.39. The van der Waals surface area contributed by atoms with Crippen LogP contribution in [0.2, 0.25) is 0 Å². The molecular weight excluding hydrogens is 619 g/mol. The van der Waals surface area contributed by atoms with Crippen LogP contribution in [0, 0.1) is 25.7 Å². The van der Waals surface area contributed by atoms with E-state index in [1.165, 1.54) is 4.90 Å². The molecule has 2 aromatic carbocycles. The number of amides is 1. The zero-order valence-electron chi connectivity index (χ0n) is 23.9. The number of hydrogen-bond donors (Lipinski definition) is 0. The fraction of sp³-hybridized carbons (Fsp3) is 0.500. The molecule has 0 N–H and O–H groups in total. The Balaban J connectivity index is 0.00000323. The van der Waals surface area contributed by atoms with Crippen LogP contribution >= 0.6 is 24.8 Å². The van der Waals surface area contributed by atoms with Crippen molar-refractivity contribution in [3.8, 4) is 11.8 Å². The van der Waals surface area contributed by atoms with Crippen molar-refractivity contribution in [1.29, 1.82) is 0 Å². The fourth-order valence-corrected chi connectivity index (χ4v) is 5.05. The van der Waals surface area contributed by atoms with E-state index in [-0.39, 0.29) is 37.4 Å². The maximum atomic E-state index is 13.6. The first-order valence-electron chi connectivity index (χ1n) is 13.5. The van der Waals surface area contributed by atoms with Gasteiger partial charge in [0.05, 0.1) is 37.4 Å². The van der Waals surface area contributed by atoms with Gasteiger partial charge in [-0.05, 0) is 55.2 Å². The highest BCUT2D eigenvalue weighted by atomic mass is 35.5. The Morgan fingerprint density at radius 1 is 0.814 bits per heavy atom. The molecule has 0 bridgehead atoms. The number of halogens is 8. The SMILES string of the molecule is Cc1ccc(C[C@@H]2CN(CC#CCN3CCOCC3)CCN2C(=O)c2cc(C(F)(F)F)cc(C(F)(F)F)c2)cc1C.Cl.Cl. The van der Waals surface area contributed by atoms with Gasteiger partial charge < -0.3 is 9.64 Å². The summed E-state index contributed by atoms with van der Waals surface area (Å²) in [6.45, 7) is 8.90. The molecule has 2 aromatic rings. The maximum absolute atomic E-state index is 13.6. The van der Waals surface area contributed by atoms with Gasteiger partial charge in [0.2, 0.25) is 0 Å². The van der Waals surface area contributed by atoms with E-state index in [4.69, 9.17) is 4.74 Å². The number of nitrogens with zero attached hydrogens (tertiary/aromatic N) is 3. The van der Waals surface area contributed by atoms with Crippen LogP contribution in [0.5, 0.6) is 0 Å².